The van der Waals surface area contributed by atoms with E-state index in [4.69, 9.17) is 15.9 Å². The number of nitrogens with two attached hydrogens (primary N) is 1. The van der Waals surface area contributed by atoms with E-state index in [1.807, 2.05) is 6.26 Å². The van der Waals surface area contributed by atoms with Gasteiger partial charge < -0.3 is 37.0 Å². The molecule has 0 aromatic rings. The summed E-state index contributed by atoms with van der Waals surface area (Å²) in [6.45, 7) is 3.11. The first-order valence-corrected chi connectivity index (χ1v) is 12.0. The van der Waals surface area contributed by atoms with E-state index in [2.05, 4.69) is 16.0 Å². The Kier molecular flexibility index (Phi) is 14.5. The Morgan fingerprint density at radius 1 is 0.765 bits per heavy atom. The van der Waals surface area contributed by atoms with E-state index in [1.165, 1.54) is 11.8 Å². The normalized spacial score (nSPS) is 14.4. The Hall–Kier alpha value is -2.87. The fourth-order valence-corrected chi connectivity index (χ4v) is 3.26. The summed E-state index contributed by atoms with van der Waals surface area (Å²) < 4.78 is 0. The number of aliphatic carboxylic acids is 3. The van der Waals surface area contributed by atoms with Crippen LogP contribution in [0.2, 0.25) is 0 Å². The third-order valence-corrected chi connectivity index (χ3v) is 5.40. The van der Waals surface area contributed by atoms with Gasteiger partial charge in [-0.05, 0) is 37.2 Å². The fraction of sp³-hybridized carbons (Fsp3) is 0.700. The Labute approximate surface area is 201 Å². The molecule has 3 amide bonds. The van der Waals surface area contributed by atoms with Crippen LogP contribution in [0.5, 0.6) is 0 Å². The lowest BCUT2D eigenvalue weighted by molar-refractivity contribution is -0.144. The van der Waals surface area contributed by atoms with Crippen molar-refractivity contribution in [3.05, 3.63) is 0 Å². The van der Waals surface area contributed by atoms with Gasteiger partial charge in [0.1, 0.15) is 18.1 Å². The molecule has 0 aromatic heterocycles. The Morgan fingerprint density at radius 2 is 1.21 bits per heavy atom. The summed E-state index contributed by atoms with van der Waals surface area (Å²) in [5.41, 5.74) is 5.79. The first-order chi connectivity index (χ1) is 15.8. The molecule has 13 nitrogen and oxygen atoms in total. The van der Waals surface area contributed by atoms with Crippen LogP contribution in [-0.4, -0.2) is 87.1 Å². The summed E-state index contributed by atoms with van der Waals surface area (Å²) >= 11 is 1.46. The molecule has 0 aliphatic rings. The quantitative estimate of drug-likeness (QED) is 0.126. The highest BCUT2D eigenvalue weighted by Gasteiger charge is 2.31. The van der Waals surface area contributed by atoms with Crippen molar-refractivity contribution in [2.75, 3.05) is 12.0 Å². The van der Waals surface area contributed by atoms with E-state index >= 15 is 0 Å². The molecule has 0 heterocycles. The maximum atomic E-state index is 12.8. The number of nitrogens with one attached hydrogen (secondary N) is 3. The zero-order valence-electron chi connectivity index (χ0n) is 19.4. The molecule has 34 heavy (non-hydrogen) atoms. The predicted molar refractivity (Wildman–Crippen MR) is 123 cm³/mol. The number of amides is 3. The molecule has 0 saturated heterocycles. The second kappa shape index (κ2) is 15.9. The second-order valence-corrected chi connectivity index (χ2v) is 8.93. The molecule has 194 valence electrons. The molecule has 0 spiro atoms. The van der Waals surface area contributed by atoms with Crippen LogP contribution >= 0.6 is 11.8 Å². The van der Waals surface area contributed by atoms with Gasteiger partial charge in [0.2, 0.25) is 17.7 Å². The van der Waals surface area contributed by atoms with Crippen LogP contribution in [-0.2, 0) is 28.8 Å². The summed E-state index contributed by atoms with van der Waals surface area (Å²) in [5, 5.41) is 34.2. The Balaban J connectivity index is 5.58. The minimum atomic E-state index is -1.43. The molecule has 4 atom stereocenters. The van der Waals surface area contributed by atoms with Crippen molar-refractivity contribution in [1.82, 2.24) is 16.0 Å². The largest absolute Gasteiger partial charge is 0.481 e. The Bertz CT molecular complexity index is 748. The van der Waals surface area contributed by atoms with E-state index in [0.717, 1.165) is 0 Å². The topological polar surface area (TPSA) is 225 Å². The molecule has 0 saturated carbocycles. The maximum Gasteiger partial charge on any atom is 0.326 e. The van der Waals surface area contributed by atoms with Gasteiger partial charge in [-0.3, -0.25) is 24.0 Å². The molecule has 0 bridgehead atoms. The van der Waals surface area contributed by atoms with Gasteiger partial charge in [-0.15, -0.1) is 0 Å². The van der Waals surface area contributed by atoms with E-state index < -0.39 is 78.6 Å². The lowest BCUT2D eigenvalue weighted by Gasteiger charge is -2.25. The van der Waals surface area contributed by atoms with Crippen LogP contribution in [0.3, 0.4) is 0 Å². The molecule has 14 heteroatoms. The summed E-state index contributed by atoms with van der Waals surface area (Å²) in [6, 6.07) is -5.02. The van der Waals surface area contributed by atoms with Gasteiger partial charge in [0, 0.05) is 12.8 Å². The number of carbonyl (C=O) groups is 6. The molecule has 8 N–H and O–H groups in total. The average molecular weight is 507 g/mol. The van der Waals surface area contributed by atoms with Gasteiger partial charge >= 0.3 is 17.9 Å². The van der Waals surface area contributed by atoms with Crippen molar-refractivity contribution in [2.45, 2.75) is 70.1 Å². The van der Waals surface area contributed by atoms with Gasteiger partial charge in [-0.1, -0.05) is 13.8 Å². The van der Waals surface area contributed by atoms with Gasteiger partial charge in [0.05, 0.1) is 6.04 Å². The number of carboxylic acid groups (broad SMARTS) is 3. The van der Waals surface area contributed by atoms with Crippen LogP contribution in [0.4, 0.5) is 0 Å². The third kappa shape index (κ3) is 12.4. The highest BCUT2D eigenvalue weighted by molar-refractivity contribution is 7.98. The van der Waals surface area contributed by atoms with Crippen LogP contribution in [0.1, 0.15) is 46.0 Å². The third-order valence-electron chi connectivity index (χ3n) is 4.76. The minimum Gasteiger partial charge on any atom is -0.481 e. The molecule has 0 aliphatic heterocycles. The minimum absolute atomic E-state index is 0.306. The standard InChI is InChI=1S/C20H34N4O9S/c1-10(2)16(20(32)33)24-19(31)13(5-7-15(27)28)23-18(30)12(4-6-14(25)26)22-17(29)11(21)8-9-34-3/h10-13,16H,4-9,21H2,1-3H3,(H,22,29)(H,23,30)(H,24,31)(H,25,26)(H,27,28)(H,32,33). The number of carboxylic acids is 3. The van der Waals surface area contributed by atoms with Crippen molar-refractivity contribution < 1.29 is 44.1 Å². The van der Waals surface area contributed by atoms with Crippen LogP contribution in [0.25, 0.3) is 0 Å². The number of thioether (sulfide) groups is 1. The van der Waals surface area contributed by atoms with Gasteiger partial charge in [-0.25, -0.2) is 4.79 Å². The van der Waals surface area contributed by atoms with Gasteiger partial charge in [-0.2, -0.15) is 11.8 Å². The van der Waals surface area contributed by atoms with Gasteiger partial charge in [0.15, 0.2) is 0 Å². The first kappa shape index (κ1) is 31.1. The van der Waals surface area contributed by atoms with E-state index in [1.54, 1.807) is 13.8 Å². The predicted octanol–water partition coefficient (Wildman–Crippen LogP) is -1.01. The van der Waals surface area contributed by atoms with Crippen molar-refractivity contribution >= 4 is 47.4 Å². The molecular formula is C20H34N4O9S. The van der Waals surface area contributed by atoms with Crippen LogP contribution in [0.15, 0.2) is 0 Å². The SMILES string of the molecule is CSCCC(N)C(=O)NC(CCC(=O)O)C(=O)NC(CCC(=O)O)C(=O)NC(C(=O)O)C(C)C. The summed E-state index contributed by atoms with van der Waals surface area (Å²) in [5.74, 6) is -6.22. The number of hydrogen-bond acceptors (Lipinski definition) is 8. The van der Waals surface area contributed by atoms with Crippen molar-refractivity contribution in [3.8, 4) is 0 Å². The summed E-state index contributed by atoms with van der Waals surface area (Å²) in [4.78, 5) is 71.2. The summed E-state index contributed by atoms with van der Waals surface area (Å²) in [7, 11) is 0. The number of hydrogen-bond donors (Lipinski definition) is 7. The zero-order valence-corrected chi connectivity index (χ0v) is 20.2. The number of rotatable bonds is 17. The Morgan fingerprint density at radius 3 is 1.59 bits per heavy atom. The smallest absolute Gasteiger partial charge is 0.326 e. The highest BCUT2D eigenvalue weighted by Crippen LogP contribution is 2.07. The second-order valence-electron chi connectivity index (χ2n) is 7.94. The molecule has 0 aliphatic carbocycles. The fourth-order valence-electron chi connectivity index (χ4n) is 2.77. The van der Waals surface area contributed by atoms with Crippen LogP contribution < -0.4 is 21.7 Å². The van der Waals surface area contributed by atoms with Crippen molar-refractivity contribution in [3.63, 3.8) is 0 Å². The monoisotopic (exact) mass is 506 g/mol. The van der Waals surface area contributed by atoms with Gasteiger partial charge in [0.25, 0.3) is 0 Å². The lowest BCUT2D eigenvalue weighted by atomic mass is 10.0. The lowest BCUT2D eigenvalue weighted by Crippen LogP contribution is -2.57. The van der Waals surface area contributed by atoms with E-state index in [9.17, 15) is 33.9 Å². The van der Waals surface area contributed by atoms with E-state index in [-0.39, 0.29) is 12.8 Å². The van der Waals surface area contributed by atoms with E-state index in [0.29, 0.717) is 12.2 Å². The summed E-state index contributed by atoms with van der Waals surface area (Å²) in [6.07, 6.45) is 0.492. The zero-order chi connectivity index (χ0) is 26.4. The maximum absolute atomic E-state index is 12.8. The molecular weight excluding hydrogens is 472 g/mol. The van der Waals surface area contributed by atoms with Crippen molar-refractivity contribution in [2.24, 2.45) is 11.7 Å². The van der Waals surface area contributed by atoms with Crippen molar-refractivity contribution in [1.29, 1.82) is 0 Å². The first-order valence-electron chi connectivity index (χ1n) is 10.6. The molecule has 4 unspecified atom stereocenters. The molecule has 0 rings (SSSR count). The number of carbonyl (C=O) groups excluding carboxylic acids is 3. The molecule has 0 fully saturated rings. The molecule has 0 radical (unpaired) electrons. The highest BCUT2D eigenvalue weighted by atomic mass is 32.2. The molecule has 0 aromatic carbocycles. The average Bonchev–Trinajstić information content (AvgIpc) is 2.74. The van der Waals surface area contributed by atoms with Crippen LogP contribution in [0, 0.1) is 5.92 Å².